The Bertz CT molecular complexity index is 822. The molecule has 0 bridgehead atoms. The van der Waals surface area contributed by atoms with Gasteiger partial charge in [0.1, 0.15) is 5.75 Å². The minimum absolute atomic E-state index is 0.159. The first-order valence-corrected chi connectivity index (χ1v) is 6.05. The summed E-state index contributed by atoms with van der Waals surface area (Å²) in [6.07, 6.45) is 0. The van der Waals surface area contributed by atoms with Gasteiger partial charge in [-0.3, -0.25) is 4.79 Å². The van der Waals surface area contributed by atoms with Gasteiger partial charge in [-0.15, -0.1) is 0 Å². The number of rotatable bonds is 2. The van der Waals surface area contributed by atoms with E-state index in [0.29, 0.717) is 17.0 Å². The first-order chi connectivity index (χ1) is 9.63. The summed E-state index contributed by atoms with van der Waals surface area (Å²) >= 11 is 0. The minimum atomic E-state index is -0.458. The van der Waals surface area contributed by atoms with Crippen LogP contribution in [-0.2, 0) is 0 Å². The molecule has 0 fully saturated rings. The molecular weight excluding hydrogens is 258 g/mol. The van der Waals surface area contributed by atoms with Crippen LogP contribution in [0.2, 0.25) is 0 Å². The van der Waals surface area contributed by atoms with E-state index < -0.39 is 5.43 Å². The van der Waals surface area contributed by atoms with Gasteiger partial charge in [-0.25, -0.2) is 0 Å². The molecule has 102 valence electrons. The Morgan fingerprint density at radius 2 is 1.90 bits per heavy atom. The van der Waals surface area contributed by atoms with Gasteiger partial charge in [0.15, 0.2) is 5.75 Å². The van der Waals surface area contributed by atoms with Gasteiger partial charge in [0.05, 0.1) is 25.5 Å². The van der Waals surface area contributed by atoms with E-state index in [9.17, 15) is 9.90 Å². The number of aromatic hydroxyl groups is 1. The van der Waals surface area contributed by atoms with Crippen molar-refractivity contribution in [3.63, 3.8) is 0 Å². The Morgan fingerprint density at radius 3 is 2.60 bits per heavy atom. The fourth-order valence-electron chi connectivity index (χ4n) is 2.24. The monoisotopic (exact) mass is 271 g/mol. The van der Waals surface area contributed by atoms with Crippen molar-refractivity contribution in [2.45, 2.75) is 0 Å². The van der Waals surface area contributed by atoms with Crippen LogP contribution in [0.5, 0.6) is 17.2 Å². The average molecular weight is 271 g/mol. The number of pyridine rings is 1. The minimum Gasteiger partial charge on any atom is -0.502 e. The summed E-state index contributed by atoms with van der Waals surface area (Å²) in [6.45, 7) is 0. The lowest BCUT2D eigenvalue weighted by molar-refractivity contribution is 0.371. The van der Waals surface area contributed by atoms with Crippen molar-refractivity contribution in [2.24, 2.45) is 0 Å². The number of fused-ring (bicyclic) bond motifs is 2. The van der Waals surface area contributed by atoms with Crippen LogP contribution in [0.15, 0.2) is 35.1 Å². The van der Waals surface area contributed by atoms with Gasteiger partial charge in [-0.1, -0.05) is 0 Å². The Labute approximate surface area is 114 Å². The lowest BCUT2D eigenvalue weighted by atomic mass is 10.0. The summed E-state index contributed by atoms with van der Waals surface area (Å²) in [4.78, 5) is 15.3. The molecule has 20 heavy (non-hydrogen) atoms. The molecule has 1 aliphatic carbocycles. The molecule has 0 aromatic heterocycles. The molecule has 1 aromatic rings. The molecule has 1 aliphatic heterocycles. The van der Waals surface area contributed by atoms with Gasteiger partial charge in [0.2, 0.25) is 11.2 Å². The molecule has 0 amide bonds. The van der Waals surface area contributed by atoms with Crippen molar-refractivity contribution >= 4 is 10.9 Å². The second-order valence-corrected chi connectivity index (χ2v) is 4.44. The molecule has 2 N–H and O–H groups in total. The highest BCUT2D eigenvalue weighted by Crippen LogP contribution is 2.32. The molecule has 1 aromatic carbocycles. The van der Waals surface area contributed by atoms with Crippen molar-refractivity contribution < 1.29 is 14.6 Å². The Hall–Kier alpha value is -2.69. The fourth-order valence-corrected chi connectivity index (χ4v) is 2.24. The fraction of sp³-hybridized carbons (Fsp3) is 0.133. The van der Waals surface area contributed by atoms with E-state index in [4.69, 9.17) is 9.47 Å². The maximum Gasteiger partial charge on any atom is 0.233 e. The second kappa shape index (κ2) is 4.45. The number of H-pyrrole nitrogens is 1. The van der Waals surface area contributed by atoms with Gasteiger partial charge in [0.25, 0.3) is 0 Å². The van der Waals surface area contributed by atoms with Gasteiger partial charge >= 0.3 is 0 Å². The van der Waals surface area contributed by atoms with Crippen molar-refractivity contribution in [3.05, 3.63) is 40.6 Å². The molecule has 5 heteroatoms. The lowest BCUT2D eigenvalue weighted by Gasteiger charge is -2.11. The van der Waals surface area contributed by atoms with Gasteiger partial charge in [0, 0.05) is 17.0 Å². The van der Waals surface area contributed by atoms with Gasteiger partial charge < -0.3 is 19.6 Å². The molecule has 5 nitrogen and oxygen atoms in total. The predicted octanol–water partition coefficient (Wildman–Crippen LogP) is 2.36. The van der Waals surface area contributed by atoms with Crippen LogP contribution in [0, 0.1) is 0 Å². The van der Waals surface area contributed by atoms with Crippen LogP contribution in [0.4, 0.5) is 0 Å². The van der Waals surface area contributed by atoms with Crippen LogP contribution < -0.4 is 14.9 Å². The van der Waals surface area contributed by atoms with E-state index in [1.54, 1.807) is 19.2 Å². The molecular formula is C15H13NO4. The number of benzene rings is 2. The van der Waals surface area contributed by atoms with Crippen LogP contribution in [0.3, 0.4) is 0 Å². The molecule has 0 atom stereocenters. The summed E-state index contributed by atoms with van der Waals surface area (Å²) < 4.78 is 10.2. The Morgan fingerprint density at radius 1 is 1.10 bits per heavy atom. The molecule has 0 radical (unpaired) electrons. The van der Waals surface area contributed by atoms with Crippen LogP contribution in [0.1, 0.15) is 0 Å². The topological polar surface area (TPSA) is 71.6 Å². The zero-order chi connectivity index (χ0) is 14.3. The number of methoxy groups -OCH3 is 2. The number of ether oxygens (including phenoxy) is 2. The van der Waals surface area contributed by atoms with E-state index >= 15 is 0 Å². The largest absolute Gasteiger partial charge is 0.502 e. The SMILES string of the molecule is COc1ccc2[nH]c3cc(OC)c(O)c(=O)c-3cc2c1. The van der Waals surface area contributed by atoms with Gasteiger partial charge in [-0.2, -0.15) is 0 Å². The summed E-state index contributed by atoms with van der Waals surface area (Å²) in [5.74, 6) is 0.484. The van der Waals surface area contributed by atoms with Crippen LogP contribution in [-0.4, -0.2) is 24.3 Å². The lowest BCUT2D eigenvalue weighted by Crippen LogP contribution is -2.08. The number of aromatic nitrogens is 1. The van der Waals surface area contributed by atoms with E-state index in [1.807, 2.05) is 18.2 Å². The predicted molar refractivity (Wildman–Crippen MR) is 76.0 cm³/mol. The number of phenolic OH excluding ortho intramolecular Hbond substituents is 1. The number of hydrogen-bond donors (Lipinski definition) is 2. The summed E-state index contributed by atoms with van der Waals surface area (Å²) in [5, 5.41) is 10.6. The second-order valence-electron chi connectivity index (χ2n) is 4.44. The summed E-state index contributed by atoms with van der Waals surface area (Å²) in [5.41, 5.74) is 1.43. The smallest absolute Gasteiger partial charge is 0.233 e. The highest BCUT2D eigenvalue weighted by Gasteiger charge is 2.16. The van der Waals surface area contributed by atoms with E-state index in [0.717, 1.165) is 10.9 Å². The third kappa shape index (κ3) is 1.75. The molecule has 1 heterocycles. The number of hydrogen-bond acceptors (Lipinski definition) is 4. The molecule has 0 spiro atoms. The standard InChI is InChI=1S/C15H13NO4/c1-19-9-3-4-11-8(5-9)6-10-12(16-11)7-13(20-2)15(18)14(10)17/h3-7,16,18H,1-2H3. The quantitative estimate of drug-likeness (QED) is 0.702. The van der Waals surface area contributed by atoms with Crippen molar-refractivity contribution in [2.75, 3.05) is 14.2 Å². The van der Waals surface area contributed by atoms with E-state index in [1.165, 1.54) is 7.11 Å². The third-order valence-corrected chi connectivity index (χ3v) is 3.31. The first kappa shape index (κ1) is 12.3. The van der Waals surface area contributed by atoms with Crippen molar-refractivity contribution in [1.82, 2.24) is 4.98 Å². The maximum atomic E-state index is 12.1. The van der Waals surface area contributed by atoms with Gasteiger partial charge in [-0.05, 0) is 24.3 Å². The van der Waals surface area contributed by atoms with E-state index in [-0.39, 0.29) is 11.5 Å². The molecule has 2 aliphatic rings. The van der Waals surface area contributed by atoms with Crippen LogP contribution in [0.25, 0.3) is 22.2 Å². The summed E-state index contributed by atoms with van der Waals surface area (Å²) in [6, 6.07) is 8.87. The number of aromatic amines is 1. The maximum absolute atomic E-state index is 12.1. The normalized spacial score (nSPS) is 10.9. The molecule has 3 rings (SSSR count). The average Bonchev–Trinajstić information content (AvgIpc) is 2.48. The summed E-state index contributed by atoms with van der Waals surface area (Å²) in [7, 11) is 2.99. The molecule has 0 unspecified atom stereocenters. The van der Waals surface area contributed by atoms with Crippen molar-refractivity contribution in [3.8, 4) is 28.5 Å². The Balaban J connectivity index is 2.39. The molecule has 0 saturated heterocycles. The highest BCUT2D eigenvalue weighted by atomic mass is 16.5. The van der Waals surface area contributed by atoms with Crippen molar-refractivity contribution in [1.29, 1.82) is 0 Å². The van der Waals surface area contributed by atoms with Crippen LogP contribution >= 0.6 is 0 Å². The molecule has 0 saturated carbocycles. The third-order valence-electron chi connectivity index (χ3n) is 3.31. The Kier molecular flexibility index (Phi) is 2.75. The van der Waals surface area contributed by atoms with E-state index in [2.05, 4.69) is 4.98 Å². The zero-order valence-corrected chi connectivity index (χ0v) is 11.1. The highest BCUT2D eigenvalue weighted by molar-refractivity contribution is 5.87. The number of nitrogens with one attached hydrogen (secondary N) is 1. The number of phenols is 1. The first-order valence-electron chi connectivity index (χ1n) is 6.05. The zero-order valence-electron chi connectivity index (χ0n) is 11.1.